The second kappa shape index (κ2) is 11.0. The third-order valence-electron chi connectivity index (χ3n) is 13.3. The standard InChI is InChI=1S/C35H58O6/c1-7-9-10-11-16-33-18-12-23(36)20-26(33)27(37)21-25-24(33)13-17-31(5)28(14-19-35(25,31)40)34(39,15-8-2)30-29(41-30)32(6,38)22(3)4/h21-24,26,28-30,36,38-40H,7-20H2,1-6H3. The minimum atomic E-state index is -1.15. The Hall–Kier alpha value is -0.790. The number of carbonyl (C=O) groups is 1. The molecule has 5 rings (SSSR count). The van der Waals surface area contributed by atoms with E-state index in [0.717, 1.165) is 56.9 Å². The summed E-state index contributed by atoms with van der Waals surface area (Å²) in [5.41, 5.74) is -3.21. The SMILES string of the molecule is CCCCCCC12CCC(O)CC1C(=O)C=C1C2CCC2(C)C(C(O)(CCC)C3OC3C(C)(O)C(C)C)CCC12O. The summed E-state index contributed by atoms with van der Waals surface area (Å²) < 4.78 is 6.14. The third-order valence-corrected chi connectivity index (χ3v) is 13.3. The van der Waals surface area contributed by atoms with Gasteiger partial charge in [0.2, 0.25) is 0 Å². The van der Waals surface area contributed by atoms with Crippen LogP contribution >= 0.6 is 0 Å². The molecule has 1 saturated heterocycles. The second-order valence-electron chi connectivity index (χ2n) is 15.6. The normalized spacial score (nSPS) is 44.9. The number of aliphatic hydroxyl groups is 4. The van der Waals surface area contributed by atoms with Gasteiger partial charge in [-0.1, -0.05) is 66.7 Å². The number of rotatable bonds is 11. The Morgan fingerprint density at radius 2 is 1.73 bits per heavy atom. The topological polar surface area (TPSA) is 111 Å². The van der Waals surface area contributed by atoms with E-state index in [9.17, 15) is 25.2 Å². The number of ketones is 1. The average molecular weight is 575 g/mol. The Bertz CT molecular complexity index is 1020. The highest BCUT2D eigenvalue weighted by Crippen LogP contribution is 2.70. The molecule has 4 fully saturated rings. The minimum Gasteiger partial charge on any atom is -0.393 e. The van der Waals surface area contributed by atoms with Gasteiger partial charge in [-0.25, -0.2) is 0 Å². The Kier molecular flexibility index (Phi) is 8.47. The molecule has 0 aromatic carbocycles. The summed E-state index contributed by atoms with van der Waals surface area (Å²) in [4.78, 5) is 13.9. The highest BCUT2D eigenvalue weighted by atomic mass is 16.6. The Labute approximate surface area is 248 Å². The van der Waals surface area contributed by atoms with Crippen molar-refractivity contribution in [2.45, 2.75) is 167 Å². The summed E-state index contributed by atoms with van der Waals surface area (Å²) in [5, 5.41) is 47.1. The van der Waals surface area contributed by atoms with E-state index in [1.54, 1.807) is 6.08 Å². The Morgan fingerprint density at radius 3 is 2.39 bits per heavy atom. The second-order valence-corrected chi connectivity index (χ2v) is 15.6. The van der Waals surface area contributed by atoms with Gasteiger partial charge in [-0.15, -0.1) is 0 Å². The first-order valence-electron chi connectivity index (χ1n) is 17.0. The van der Waals surface area contributed by atoms with E-state index in [2.05, 4.69) is 20.8 Å². The molecule has 0 bridgehead atoms. The van der Waals surface area contributed by atoms with Gasteiger partial charge in [0, 0.05) is 11.3 Å². The zero-order valence-electron chi connectivity index (χ0n) is 26.6. The minimum absolute atomic E-state index is 0.0104. The van der Waals surface area contributed by atoms with Crippen LogP contribution in [0, 0.1) is 34.5 Å². The molecule has 0 radical (unpaired) electrons. The molecule has 5 aliphatic rings. The van der Waals surface area contributed by atoms with Gasteiger partial charge in [0.1, 0.15) is 12.2 Å². The Morgan fingerprint density at radius 1 is 1.00 bits per heavy atom. The smallest absolute Gasteiger partial charge is 0.159 e. The number of aliphatic hydroxyl groups excluding tert-OH is 1. The molecule has 0 aromatic heterocycles. The number of allylic oxidation sites excluding steroid dienone is 1. The fourth-order valence-electron chi connectivity index (χ4n) is 10.4. The molecule has 0 aromatic rings. The number of fused-ring (bicyclic) bond motifs is 5. The van der Waals surface area contributed by atoms with Crippen molar-refractivity contribution in [2.24, 2.45) is 34.5 Å². The van der Waals surface area contributed by atoms with Crippen LogP contribution < -0.4 is 0 Å². The lowest BCUT2D eigenvalue weighted by Crippen LogP contribution is -2.62. The Balaban J connectivity index is 1.49. The van der Waals surface area contributed by atoms with Gasteiger partial charge in [-0.2, -0.15) is 0 Å². The van der Waals surface area contributed by atoms with E-state index in [1.807, 2.05) is 20.8 Å². The van der Waals surface area contributed by atoms with Crippen molar-refractivity contribution in [2.75, 3.05) is 0 Å². The van der Waals surface area contributed by atoms with Gasteiger partial charge < -0.3 is 25.2 Å². The average Bonchev–Trinajstić information content (AvgIpc) is 3.68. The molecular weight excluding hydrogens is 516 g/mol. The number of ether oxygens (including phenoxy) is 1. The summed E-state index contributed by atoms with van der Waals surface area (Å²) >= 11 is 0. The van der Waals surface area contributed by atoms with E-state index in [0.29, 0.717) is 25.7 Å². The van der Waals surface area contributed by atoms with Crippen LogP contribution in [0.15, 0.2) is 11.6 Å². The maximum Gasteiger partial charge on any atom is 0.159 e. The number of unbranched alkanes of at least 4 members (excludes halogenated alkanes) is 3. The van der Waals surface area contributed by atoms with Crippen LogP contribution in [0.4, 0.5) is 0 Å². The van der Waals surface area contributed by atoms with Crippen molar-refractivity contribution in [3.63, 3.8) is 0 Å². The van der Waals surface area contributed by atoms with E-state index in [4.69, 9.17) is 4.74 Å². The zero-order chi connectivity index (χ0) is 30.0. The van der Waals surface area contributed by atoms with Crippen molar-refractivity contribution in [1.29, 1.82) is 0 Å². The molecule has 41 heavy (non-hydrogen) atoms. The number of hydrogen-bond acceptors (Lipinski definition) is 6. The van der Waals surface area contributed by atoms with Crippen molar-refractivity contribution >= 4 is 5.78 Å². The molecule has 0 amide bonds. The molecule has 11 atom stereocenters. The van der Waals surface area contributed by atoms with E-state index < -0.39 is 40.5 Å². The quantitative estimate of drug-likeness (QED) is 0.181. The summed E-state index contributed by atoms with van der Waals surface area (Å²) in [6.07, 6.45) is 12.4. The summed E-state index contributed by atoms with van der Waals surface area (Å²) in [7, 11) is 0. The van der Waals surface area contributed by atoms with Crippen molar-refractivity contribution in [3.8, 4) is 0 Å². The van der Waals surface area contributed by atoms with Gasteiger partial charge in [0.15, 0.2) is 5.78 Å². The number of epoxide rings is 1. The molecule has 3 saturated carbocycles. The molecule has 1 heterocycles. The maximum absolute atomic E-state index is 13.9. The predicted molar refractivity (Wildman–Crippen MR) is 160 cm³/mol. The van der Waals surface area contributed by atoms with Crippen molar-refractivity contribution < 1.29 is 30.0 Å². The van der Waals surface area contributed by atoms with Crippen molar-refractivity contribution in [1.82, 2.24) is 0 Å². The lowest BCUT2D eigenvalue weighted by atomic mass is 9.44. The van der Waals surface area contributed by atoms with Crippen LogP contribution in [-0.2, 0) is 9.53 Å². The molecule has 234 valence electrons. The van der Waals surface area contributed by atoms with Gasteiger partial charge in [0.25, 0.3) is 0 Å². The molecule has 4 aliphatic carbocycles. The molecule has 1 aliphatic heterocycles. The molecule has 4 N–H and O–H groups in total. The molecule has 11 unspecified atom stereocenters. The van der Waals surface area contributed by atoms with Gasteiger partial charge >= 0.3 is 0 Å². The molecule has 6 nitrogen and oxygen atoms in total. The van der Waals surface area contributed by atoms with Crippen LogP contribution in [0.2, 0.25) is 0 Å². The highest BCUT2D eigenvalue weighted by Gasteiger charge is 2.73. The molecule has 0 spiro atoms. The lowest BCUT2D eigenvalue weighted by molar-refractivity contribution is -0.160. The largest absolute Gasteiger partial charge is 0.393 e. The number of carbonyl (C=O) groups excluding carboxylic acids is 1. The van der Waals surface area contributed by atoms with Gasteiger partial charge in [-0.05, 0) is 99.5 Å². The van der Waals surface area contributed by atoms with Crippen molar-refractivity contribution in [3.05, 3.63) is 11.6 Å². The first-order chi connectivity index (χ1) is 19.2. The predicted octanol–water partition coefficient (Wildman–Crippen LogP) is 5.88. The molecular formula is C35H58O6. The maximum atomic E-state index is 13.9. The van der Waals surface area contributed by atoms with Crippen LogP contribution in [-0.4, -0.2) is 61.3 Å². The van der Waals surface area contributed by atoms with Gasteiger partial charge in [0.05, 0.1) is 22.9 Å². The first-order valence-corrected chi connectivity index (χ1v) is 17.0. The van der Waals surface area contributed by atoms with Crippen LogP contribution in [0.25, 0.3) is 0 Å². The fourth-order valence-corrected chi connectivity index (χ4v) is 10.4. The summed E-state index contributed by atoms with van der Waals surface area (Å²) in [6, 6.07) is 0. The van der Waals surface area contributed by atoms with E-state index >= 15 is 0 Å². The zero-order valence-corrected chi connectivity index (χ0v) is 26.6. The van der Waals surface area contributed by atoms with Crippen LogP contribution in [0.3, 0.4) is 0 Å². The fraction of sp³-hybridized carbons (Fsp3) is 0.914. The third kappa shape index (κ3) is 4.72. The van der Waals surface area contributed by atoms with Gasteiger partial charge in [-0.3, -0.25) is 4.79 Å². The lowest BCUT2D eigenvalue weighted by Gasteiger charge is -2.61. The number of hydrogen-bond donors (Lipinski definition) is 4. The first kappa shape index (κ1) is 31.6. The van der Waals surface area contributed by atoms with E-state index in [-0.39, 0.29) is 34.9 Å². The summed E-state index contributed by atoms with van der Waals surface area (Å²) in [6.45, 7) is 12.2. The molecule has 6 heteroatoms. The van der Waals surface area contributed by atoms with Crippen LogP contribution in [0.1, 0.15) is 131 Å². The van der Waals surface area contributed by atoms with Crippen LogP contribution in [0.5, 0.6) is 0 Å². The monoisotopic (exact) mass is 574 g/mol. The highest BCUT2D eigenvalue weighted by molar-refractivity contribution is 5.95. The summed E-state index contributed by atoms with van der Waals surface area (Å²) in [5.74, 6) is -0.135. The van der Waals surface area contributed by atoms with E-state index in [1.165, 1.54) is 12.8 Å².